The van der Waals surface area contributed by atoms with Crippen LogP contribution in [-0.2, 0) is 21.3 Å². The van der Waals surface area contributed by atoms with Crippen molar-refractivity contribution in [2.45, 2.75) is 37.7 Å². The average molecular weight is 357 g/mol. The van der Waals surface area contributed by atoms with Gasteiger partial charge in [0.15, 0.2) is 0 Å². The molecule has 0 aromatic carbocycles. The summed E-state index contributed by atoms with van der Waals surface area (Å²) in [7, 11) is -3.08. The smallest absolute Gasteiger partial charge is 0.214 e. The molecule has 128 valence electrons. The van der Waals surface area contributed by atoms with Gasteiger partial charge in [0.1, 0.15) is 0 Å². The molecule has 3 atom stereocenters. The Hall–Kier alpha value is -0.470. The summed E-state index contributed by atoms with van der Waals surface area (Å²) in [5.74, 6) is 0.764. The minimum Gasteiger partial charge on any atom is -0.376 e. The Bertz CT molecular complexity index is 669. The van der Waals surface area contributed by atoms with Crippen molar-refractivity contribution in [2.24, 2.45) is 11.8 Å². The van der Waals surface area contributed by atoms with Gasteiger partial charge in [-0.1, -0.05) is 0 Å². The molecule has 1 N–H and O–H groups in total. The van der Waals surface area contributed by atoms with Crippen molar-refractivity contribution in [3.8, 4) is 0 Å². The topological polar surface area (TPSA) is 58.6 Å². The van der Waals surface area contributed by atoms with Gasteiger partial charge in [-0.25, -0.2) is 13.1 Å². The molecular formula is C16H24N2O3S2. The number of sulfonamides is 1. The van der Waals surface area contributed by atoms with Crippen LogP contribution in [0.15, 0.2) is 11.4 Å². The maximum Gasteiger partial charge on any atom is 0.214 e. The fraction of sp³-hybridized carbons (Fsp3) is 0.750. The van der Waals surface area contributed by atoms with Crippen LogP contribution in [0.4, 0.5) is 0 Å². The van der Waals surface area contributed by atoms with Gasteiger partial charge in [0.05, 0.1) is 18.0 Å². The van der Waals surface area contributed by atoms with Gasteiger partial charge in [0, 0.05) is 42.9 Å². The van der Waals surface area contributed by atoms with Gasteiger partial charge < -0.3 is 4.74 Å². The first kappa shape index (κ1) is 16.0. The number of nitrogens with zero attached hydrogens (tertiary/aromatic N) is 1. The summed E-state index contributed by atoms with van der Waals surface area (Å²) < 4.78 is 32.7. The lowest BCUT2D eigenvalue weighted by Crippen LogP contribution is -2.35. The van der Waals surface area contributed by atoms with E-state index in [0.29, 0.717) is 25.0 Å². The minimum atomic E-state index is -3.08. The maximum absolute atomic E-state index is 12.0. The summed E-state index contributed by atoms with van der Waals surface area (Å²) in [5.41, 5.74) is 1.36. The Morgan fingerprint density at radius 3 is 2.91 bits per heavy atom. The molecule has 1 aliphatic carbocycles. The van der Waals surface area contributed by atoms with Crippen LogP contribution < -0.4 is 4.72 Å². The molecule has 1 saturated carbocycles. The molecule has 7 heteroatoms. The van der Waals surface area contributed by atoms with E-state index >= 15 is 0 Å². The molecule has 3 fully saturated rings. The molecule has 3 heterocycles. The zero-order chi connectivity index (χ0) is 16.0. The second-order valence-electron chi connectivity index (χ2n) is 7.11. The van der Waals surface area contributed by atoms with Crippen molar-refractivity contribution in [1.82, 2.24) is 9.62 Å². The second-order valence-corrected chi connectivity index (χ2v) is 10.2. The third-order valence-electron chi connectivity index (χ3n) is 5.36. The monoisotopic (exact) mass is 356 g/mol. The molecular weight excluding hydrogens is 332 g/mol. The Morgan fingerprint density at radius 1 is 1.39 bits per heavy atom. The van der Waals surface area contributed by atoms with Crippen LogP contribution in [0.5, 0.6) is 0 Å². The molecule has 23 heavy (non-hydrogen) atoms. The first-order chi connectivity index (χ1) is 11.0. The maximum atomic E-state index is 12.0. The SMILES string of the molecule is Cc1ccsc1CN1C[C@@H]2[C@@H](CNS(=O)(=O)C3CC3)CO[C@@H]2C1. The van der Waals surface area contributed by atoms with Crippen LogP contribution in [0.1, 0.15) is 23.3 Å². The van der Waals surface area contributed by atoms with E-state index in [4.69, 9.17) is 4.74 Å². The number of nitrogens with one attached hydrogen (secondary N) is 1. The van der Waals surface area contributed by atoms with Gasteiger partial charge in [0.25, 0.3) is 0 Å². The highest BCUT2D eigenvalue weighted by Gasteiger charge is 2.44. The Kier molecular flexibility index (Phi) is 4.26. The lowest BCUT2D eigenvalue weighted by Gasteiger charge is -2.19. The summed E-state index contributed by atoms with van der Waals surface area (Å²) >= 11 is 1.81. The van der Waals surface area contributed by atoms with Gasteiger partial charge in [-0.15, -0.1) is 11.3 Å². The van der Waals surface area contributed by atoms with E-state index in [1.807, 2.05) is 11.3 Å². The molecule has 1 aromatic heterocycles. The molecule has 2 saturated heterocycles. The predicted molar refractivity (Wildman–Crippen MR) is 91.0 cm³/mol. The second kappa shape index (κ2) is 6.11. The highest BCUT2D eigenvalue weighted by molar-refractivity contribution is 7.90. The van der Waals surface area contributed by atoms with Gasteiger partial charge in [-0.05, 0) is 36.8 Å². The summed E-state index contributed by atoms with van der Waals surface area (Å²) in [5, 5.41) is 2.01. The third kappa shape index (κ3) is 3.35. The highest BCUT2D eigenvalue weighted by atomic mass is 32.2. The van der Waals surface area contributed by atoms with Crippen LogP contribution in [0, 0.1) is 18.8 Å². The minimum absolute atomic E-state index is 0.137. The van der Waals surface area contributed by atoms with Crippen LogP contribution in [0.3, 0.4) is 0 Å². The summed E-state index contributed by atoms with van der Waals surface area (Å²) in [6.45, 7) is 6.35. The van der Waals surface area contributed by atoms with Crippen LogP contribution in [0.25, 0.3) is 0 Å². The largest absolute Gasteiger partial charge is 0.376 e. The van der Waals surface area contributed by atoms with Crippen molar-refractivity contribution in [2.75, 3.05) is 26.2 Å². The normalized spacial score (nSPS) is 31.6. The van der Waals surface area contributed by atoms with Crippen LogP contribution >= 0.6 is 11.3 Å². The zero-order valence-corrected chi connectivity index (χ0v) is 15.0. The molecule has 0 spiro atoms. The van der Waals surface area contributed by atoms with Gasteiger partial charge in [-0.2, -0.15) is 0 Å². The number of fused-ring (bicyclic) bond motifs is 1. The molecule has 0 bridgehead atoms. The van der Waals surface area contributed by atoms with Gasteiger partial charge >= 0.3 is 0 Å². The molecule has 5 nitrogen and oxygen atoms in total. The number of thiophene rings is 1. The van der Waals surface area contributed by atoms with Crippen molar-refractivity contribution < 1.29 is 13.2 Å². The number of rotatable bonds is 6. The average Bonchev–Trinajstić information content (AvgIpc) is 3.06. The number of likely N-dealkylation sites (tertiary alicyclic amines) is 1. The van der Waals surface area contributed by atoms with Crippen molar-refractivity contribution >= 4 is 21.4 Å². The predicted octanol–water partition coefficient (Wildman–Crippen LogP) is 1.59. The molecule has 0 radical (unpaired) electrons. The molecule has 0 unspecified atom stereocenters. The van der Waals surface area contributed by atoms with Crippen molar-refractivity contribution in [1.29, 1.82) is 0 Å². The Labute approximate surface area is 142 Å². The van der Waals surface area contributed by atoms with Crippen molar-refractivity contribution in [3.05, 3.63) is 21.9 Å². The molecule has 4 rings (SSSR count). The Balaban J connectivity index is 1.33. The van der Waals surface area contributed by atoms with E-state index in [0.717, 1.165) is 32.5 Å². The fourth-order valence-electron chi connectivity index (χ4n) is 3.71. The lowest BCUT2D eigenvalue weighted by atomic mass is 9.93. The first-order valence-corrected chi connectivity index (χ1v) is 10.8. The van der Waals surface area contributed by atoms with Crippen LogP contribution in [-0.4, -0.2) is 50.9 Å². The van der Waals surface area contributed by atoms with E-state index in [2.05, 4.69) is 28.0 Å². The van der Waals surface area contributed by atoms with E-state index in [1.165, 1.54) is 10.4 Å². The summed E-state index contributed by atoms with van der Waals surface area (Å²) in [6.07, 6.45) is 1.90. The lowest BCUT2D eigenvalue weighted by molar-refractivity contribution is 0.0943. The summed E-state index contributed by atoms with van der Waals surface area (Å²) in [4.78, 5) is 3.88. The van der Waals surface area contributed by atoms with Crippen LogP contribution in [0.2, 0.25) is 0 Å². The molecule has 0 amide bonds. The summed E-state index contributed by atoms with van der Waals surface area (Å²) in [6, 6.07) is 2.17. The number of ether oxygens (including phenoxy) is 1. The number of hydrogen-bond donors (Lipinski definition) is 1. The Morgan fingerprint density at radius 2 is 2.22 bits per heavy atom. The zero-order valence-electron chi connectivity index (χ0n) is 13.4. The molecule has 3 aliphatic rings. The van der Waals surface area contributed by atoms with E-state index in [-0.39, 0.29) is 11.4 Å². The van der Waals surface area contributed by atoms with E-state index < -0.39 is 10.0 Å². The quantitative estimate of drug-likeness (QED) is 0.841. The van der Waals surface area contributed by atoms with Gasteiger partial charge in [-0.3, -0.25) is 4.90 Å². The van der Waals surface area contributed by atoms with E-state index in [1.54, 1.807) is 0 Å². The fourth-order valence-corrected chi connectivity index (χ4v) is 6.09. The number of aryl methyl sites for hydroxylation is 1. The van der Waals surface area contributed by atoms with Crippen molar-refractivity contribution in [3.63, 3.8) is 0 Å². The standard InChI is InChI=1S/C16H24N2O3S2/c1-11-4-5-22-16(11)9-18-7-14-12(10-21-15(14)8-18)6-17-23(19,20)13-2-3-13/h4-5,12-15,17H,2-3,6-10H2,1H3/t12-,14+,15+/m0/s1. The van der Waals surface area contributed by atoms with Gasteiger partial charge in [0.2, 0.25) is 10.0 Å². The molecule has 1 aromatic rings. The molecule has 2 aliphatic heterocycles. The highest BCUT2D eigenvalue weighted by Crippen LogP contribution is 2.35. The van der Waals surface area contributed by atoms with E-state index in [9.17, 15) is 8.42 Å². The number of hydrogen-bond acceptors (Lipinski definition) is 5. The first-order valence-electron chi connectivity index (χ1n) is 8.38. The third-order valence-corrected chi connectivity index (χ3v) is 8.29.